The Morgan fingerprint density at radius 3 is 2.48 bits per heavy atom. The summed E-state index contributed by atoms with van der Waals surface area (Å²) >= 11 is 0. The molecule has 21 heavy (non-hydrogen) atoms. The van der Waals surface area contributed by atoms with E-state index in [1.165, 1.54) is 0 Å². The largest absolute Gasteiger partial charge is 0.497 e. The predicted molar refractivity (Wildman–Crippen MR) is 83.0 cm³/mol. The van der Waals surface area contributed by atoms with Crippen LogP contribution in [-0.4, -0.2) is 19.6 Å². The second-order valence-corrected chi connectivity index (χ2v) is 4.37. The zero-order valence-corrected chi connectivity index (χ0v) is 12.1. The fraction of sp³-hybridized carbons (Fsp3) is 0.188. The molecule has 0 atom stereocenters. The Bertz CT molecular complexity index is 624. The van der Waals surface area contributed by atoms with Gasteiger partial charge < -0.3 is 20.5 Å². The van der Waals surface area contributed by atoms with Gasteiger partial charge in [0.05, 0.1) is 19.4 Å². The summed E-state index contributed by atoms with van der Waals surface area (Å²) in [4.78, 5) is 12.1. The maximum absolute atomic E-state index is 12.1. The summed E-state index contributed by atoms with van der Waals surface area (Å²) in [5, 5.41) is 2.79. The van der Waals surface area contributed by atoms with Crippen LogP contribution < -0.4 is 20.5 Å². The van der Waals surface area contributed by atoms with E-state index in [9.17, 15) is 4.79 Å². The number of nitrogens with one attached hydrogen (secondary N) is 1. The number of carbonyl (C=O) groups is 1. The summed E-state index contributed by atoms with van der Waals surface area (Å²) in [5.74, 6) is 1.11. The molecule has 3 N–H and O–H groups in total. The first-order valence-corrected chi connectivity index (χ1v) is 6.61. The average molecular weight is 286 g/mol. The Kier molecular flexibility index (Phi) is 4.66. The Morgan fingerprint density at radius 2 is 1.90 bits per heavy atom. The molecule has 0 unspecified atom stereocenters. The van der Waals surface area contributed by atoms with Gasteiger partial charge in [0.2, 0.25) is 0 Å². The molecule has 110 valence electrons. The van der Waals surface area contributed by atoms with Crippen molar-refractivity contribution in [3.63, 3.8) is 0 Å². The summed E-state index contributed by atoms with van der Waals surface area (Å²) in [7, 11) is 1.58. The molecule has 0 radical (unpaired) electrons. The van der Waals surface area contributed by atoms with E-state index < -0.39 is 0 Å². The number of hydrogen-bond acceptors (Lipinski definition) is 4. The van der Waals surface area contributed by atoms with Crippen molar-refractivity contribution in [3.8, 4) is 11.5 Å². The number of methoxy groups -OCH3 is 1. The smallest absolute Gasteiger partial charge is 0.255 e. The van der Waals surface area contributed by atoms with Crippen molar-refractivity contribution >= 4 is 17.3 Å². The number of nitrogen functional groups attached to an aromatic ring is 1. The van der Waals surface area contributed by atoms with Gasteiger partial charge in [0.15, 0.2) is 0 Å². The molecule has 2 aromatic rings. The zero-order valence-electron chi connectivity index (χ0n) is 12.1. The average Bonchev–Trinajstić information content (AvgIpc) is 2.50. The van der Waals surface area contributed by atoms with Gasteiger partial charge in [0.1, 0.15) is 11.5 Å². The van der Waals surface area contributed by atoms with Gasteiger partial charge in [-0.1, -0.05) is 0 Å². The number of nitrogens with two attached hydrogens (primary N) is 1. The van der Waals surface area contributed by atoms with Crippen molar-refractivity contribution in [3.05, 3.63) is 48.0 Å². The summed E-state index contributed by atoms with van der Waals surface area (Å²) in [5.41, 5.74) is 7.52. The molecule has 1 amide bonds. The molecule has 0 saturated heterocycles. The normalized spacial score (nSPS) is 10.0. The minimum absolute atomic E-state index is 0.207. The minimum atomic E-state index is -0.207. The number of ether oxygens (including phenoxy) is 2. The third kappa shape index (κ3) is 3.66. The number of benzene rings is 2. The molecule has 0 heterocycles. The first kappa shape index (κ1) is 14.7. The number of anilines is 2. The van der Waals surface area contributed by atoms with Crippen LogP contribution in [0.15, 0.2) is 42.5 Å². The maximum Gasteiger partial charge on any atom is 0.255 e. The van der Waals surface area contributed by atoms with Gasteiger partial charge in [-0.15, -0.1) is 0 Å². The Morgan fingerprint density at radius 1 is 1.19 bits per heavy atom. The fourth-order valence-corrected chi connectivity index (χ4v) is 1.86. The quantitative estimate of drug-likeness (QED) is 0.829. The van der Waals surface area contributed by atoms with Crippen LogP contribution in [0.4, 0.5) is 11.4 Å². The van der Waals surface area contributed by atoms with Crippen LogP contribution in [0.2, 0.25) is 0 Å². The first-order valence-electron chi connectivity index (χ1n) is 6.61. The van der Waals surface area contributed by atoms with E-state index in [1.807, 2.05) is 6.92 Å². The summed E-state index contributed by atoms with van der Waals surface area (Å²) in [6.45, 7) is 2.43. The Balaban J connectivity index is 2.09. The van der Waals surface area contributed by atoms with E-state index in [4.69, 9.17) is 15.2 Å². The van der Waals surface area contributed by atoms with Crippen molar-refractivity contribution in [1.29, 1.82) is 0 Å². The maximum atomic E-state index is 12.1. The lowest BCUT2D eigenvalue weighted by atomic mass is 10.2. The number of hydrogen-bond donors (Lipinski definition) is 2. The number of rotatable bonds is 5. The highest BCUT2D eigenvalue weighted by Gasteiger charge is 2.08. The lowest BCUT2D eigenvalue weighted by molar-refractivity contribution is 0.102. The van der Waals surface area contributed by atoms with Gasteiger partial charge in [-0.2, -0.15) is 0 Å². The van der Waals surface area contributed by atoms with Crippen molar-refractivity contribution in [2.24, 2.45) is 0 Å². The van der Waals surface area contributed by atoms with Crippen molar-refractivity contribution in [2.75, 3.05) is 24.8 Å². The van der Waals surface area contributed by atoms with Gasteiger partial charge >= 0.3 is 0 Å². The molecule has 0 saturated carbocycles. The second kappa shape index (κ2) is 6.65. The van der Waals surface area contributed by atoms with Crippen molar-refractivity contribution in [1.82, 2.24) is 0 Å². The molecule has 5 nitrogen and oxygen atoms in total. The fourth-order valence-electron chi connectivity index (χ4n) is 1.86. The van der Waals surface area contributed by atoms with Crippen LogP contribution in [0.5, 0.6) is 11.5 Å². The highest BCUT2D eigenvalue weighted by Crippen LogP contribution is 2.25. The van der Waals surface area contributed by atoms with E-state index in [2.05, 4.69) is 5.32 Å². The summed E-state index contributed by atoms with van der Waals surface area (Å²) in [6, 6.07) is 12.0. The SMILES string of the molecule is CCOc1ccc(NC(=O)c2ccc(OC)cc2)cc1N. The highest BCUT2D eigenvalue weighted by molar-refractivity contribution is 6.04. The molecule has 0 bridgehead atoms. The number of amides is 1. The van der Waals surface area contributed by atoms with Crippen LogP contribution in [-0.2, 0) is 0 Å². The summed E-state index contributed by atoms with van der Waals surface area (Å²) < 4.78 is 10.4. The zero-order chi connectivity index (χ0) is 15.2. The monoisotopic (exact) mass is 286 g/mol. The summed E-state index contributed by atoms with van der Waals surface area (Å²) in [6.07, 6.45) is 0. The standard InChI is InChI=1S/C16H18N2O3/c1-3-21-15-9-6-12(10-14(15)17)18-16(19)11-4-7-13(20-2)8-5-11/h4-10H,3,17H2,1-2H3,(H,18,19). The lowest BCUT2D eigenvalue weighted by Crippen LogP contribution is -2.12. The molecule has 0 aliphatic carbocycles. The molecule has 0 fully saturated rings. The van der Waals surface area contributed by atoms with E-state index in [1.54, 1.807) is 49.6 Å². The van der Waals surface area contributed by atoms with Crippen LogP contribution >= 0.6 is 0 Å². The molecule has 0 spiro atoms. The topological polar surface area (TPSA) is 73.6 Å². The number of carbonyl (C=O) groups excluding carboxylic acids is 1. The molecular formula is C16H18N2O3. The Hall–Kier alpha value is -2.69. The molecular weight excluding hydrogens is 268 g/mol. The van der Waals surface area contributed by atoms with Crippen LogP contribution in [0, 0.1) is 0 Å². The first-order chi connectivity index (χ1) is 10.1. The van der Waals surface area contributed by atoms with E-state index in [-0.39, 0.29) is 5.91 Å². The molecule has 0 aliphatic heterocycles. The third-order valence-corrected chi connectivity index (χ3v) is 2.92. The van der Waals surface area contributed by atoms with Crippen molar-refractivity contribution < 1.29 is 14.3 Å². The molecule has 2 aromatic carbocycles. The van der Waals surface area contributed by atoms with Gasteiger partial charge in [-0.05, 0) is 49.4 Å². The van der Waals surface area contributed by atoms with Gasteiger partial charge in [-0.25, -0.2) is 0 Å². The Labute approximate surface area is 123 Å². The second-order valence-electron chi connectivity index (χ2n) is 4.37. The van der Waals surface area contributed by atoms with Gasteiger partial charge in [0.25, 0.3) is 5.91 Å². The van der Waals surface area contributed by atoms with Gasteiger partial charge in [-0.3, -0.25) is 4.79 Å². The van der Waals surface area contributed by atoms with E-state index >= 15 is 0 Å². The predicted octanol–water partition coefficient (Wildman–Crippen LogP) is 2.93. The minimum Gasteiger partial charge on any atom is -0.497 e. The van der Waals surface area contributed by atoms with Gasteiger partial charge in [0, 0.05) is 11.3 Å². The van der Waals surface area contributed by atoms with Crippen LogP contribution in [0.25, 0.3) is 0 Å². The third-order valence-electron chi connectivity index (χ3n) is 2.92. The van der Waals surface area contributed by atoms with E-state index in [0.717, 1.165) is 0 Å². The van der Waals surface area contributed by atoms with Crippen LogP contribution in [0.3, 0.4) is 0 Å². The molecule has 5 heteroatoms. The highest BCUT2D eigenvalue weighted by atomic mass is 16.5. The van der Waals surface area contributed by atoms with E-state index in [0.29, 0.717) is 35.0 Å². The lowest BCUT2D eigenvalue weighted by Gasteiger charge is -2.10. The molecule has 0 aromatic heterocycles. The molecule has 0 aliphatic rings. The van der Waals surface area contributed by atoms with Crippen LogP contribution in [0.1, 0.15) is 17.3 Å². The van der Waals surface area contributed by atoms with Crippen molar-refractivity contribution in [2.45, 2.75) is 6.92 Å². The molecule has 2 rings (SSSR count).